The van der Waals surface area contributed by atoms with E-state index in [4.69, 9.17) is 10.2 Å². The maximum atomic E-state index is 12.8. The number of carbonyl (C=O) groups is 2. The average Bonchev–Trinajstić information content (AvgIpc) is 3.12. The minimum atomic E-state index is -0.492. The zero-order valence-corrected chi connectivity index (χ0v) is 15.5. The highest BCUT2D eigenvalue weighted by atomic mass is 32.1. The van der Waals surface area contributed by atoms with Crippen LogP contribution in [0.3, 0.4) is 0 Å². The van der Waals surface area contributed by atoms with Crippen molar-refractivity contribution in [3.63, 3.8) is 0 Å². The highest BCUT2D eigenvalue weighted by Crippen LogP contribution is 2.39. The zero-order valence-electron chi connectivity index (χ0n) is 14.7. The molecule has 2 aromatic heterocycles. The van der Waals surface area contributed by atoms with Gasteiger partial charge in [0.2, 0.25) is 0 Å². The Hall–Kier alpha value is -2.60. The van der Waals surface area contributed by atoms with Crippen LogP contribution < -0.4 is 11.1 Å². The number of thiophene rings is 1. The van der Waals surface area contributed by atoms with Crippen LogP contribution in [0.1, 0.15) is 50.3 Å². The molecule has 1 aliphatic rings. The van der Waals surface area contributed by atoms with E-state index < -0.39 is 5.91 Å². The molecule has 1 aromatic carbocycles. The summed E-state index contributed by atoms with van der Waals surface area (Å²) in [6.45, 7) is 4.06. The van der Waals surface area contributed by atoms with Gasteiger partial charge in [0, 0.05) is 15.8 Å². The molecule has 0 aliphatic heterocycles. The standard InChI is InChI=1S/C20H20N2O3S/c1-10-7-8-13-15(9-10)26-20(16(13)18(21)23)22-19(24)17-11(2)12-5-3-4-6-14(12)25-17/h3-6,10H,7-9H2,1-2H3,(H2,21,23)(H,22,24)/t10-/m1/s1. The molecular weight excluding hydrogens is 348 g/mol. The maximum Gasteiger partial charge on any atom is 0.292 e. The van der Waals surface area contributed by atoms with E-state index in [1.54, 1.807) is 0 Å². The number of rotatable bonds is 3. The second-order valence-electron chi connectivity index (χ2n) is 6.93. The molecule has 2 heterocycles. The number of furan rings is 1. The number of primary amides is 1. The summed E-state index contributed by atoms with van der Waals surface area (Å²) in [6, 6.07) is 7.53. The highest BCUT2D eigenvalue weighted by molar-refractivity contribution is 7.17. The largest absolute Gasteiger partial charge is 0.451 e. The lowest BCUT2D eigenvalue weighted by atomic mass is 9.88. The van der Waals surface area contributed by atoms with Crippen molar-refractivity contribution in [3.05, 3.63) is 51.6 Å². The number of carbonyl (C=O) groups excluding carboxylic acids is 2. The van der Waals surface area contributed by atoms with Gasteiger partial charge in [0.05, 0.1) is 5.56 Å². The number of para-hydroxylation sites is 1. The van der Waals surface area contributed by atoms with Crippen molar-refractivity contribution in [2.45, 2.75) is 33.1 Å². The van der Waals surface area contributed by atoms with Crippen LogP contribution in [0.4, 0.5) is 5.00 Å². The molecule has 0 spiro atoms. The number of benzene rings is 1. The van der Waals surface area contributed by atoms with Gasteiger partial charge in [0.1, 0.15) is 10.6 Å². The van der Waals surface area contributed by atoms with Gasteiger partial charge in [-0.05, 0) is 43.7 Å². The first kappa shape index (κ1) is 16.8. The van der Waals surface area contributed by atoms with Crippen LogP contribution in [0.25, 0.3) is 11.0 Å². The van der Waals surface area contributed by atoms with Crippen LogP contribution in [-0.4, -0.2) is 11.8 Å². The second-order valence-corrected chi connectivity index (χ2v) is 8.03. The summed E-state index contributed by atoms with van der Waals surface area (Å²) in [5.41, 5.74) is 8.53. The Morgan fingerprint density at radius 1 is 1.31 bits per heavy atom. The van der Waals surface area contributed by atoms with Crippen molar-refractivity contribution < 1.29 is 14.0 Å². The minimum Gasteiger partial charge on any atom is -0.451 e. The summed E-state index contributed by atoms with van der Waals surface area (Å²) in [6.07, 6.45) is 2.77. The van der Waals surface area contributed by atoms with Gasteiger partial charge in [-0.2, -0.15) is 0 Å². The second kappa shape index (κ2) is 6.29. The average molecular weight is 368 g/mol. The third-order valence-corrected chi connectivity index (χ3v) is 6.20. The molecule has 5 nitrogen and oxygen atoms in total. The number of amides is 2. The number of hydrogen-bond donors (Lipinski definition) is 2. The van der Waals surface area contributed by atoms with Gasteiger partial charge < -0.3 is 15.5 Å². The molecule has 0 fully saturated rings. The molecule has 0 radical (unpaired) electrons. The van der Waals surface area contributed by atoms with Crippen molar-refractivity contribution in [2.24, 2.45) is 11.7 Å². The van der Waals surface area contributed by atoms with E-state index in [1.165, 1.54) is 11.3 Å². The van der Waals surface area contributed by atoms with Gasteiger partial charge in [-0.15, -0.1) is 11.3 Å². The van der Waals surface area contributed by atoms with Gasteiger partial charge in [-0.1, -0.05) is 25.1 Å². The highest BCUT2D eigenvalue weighted by Gasteiger charge is 2.28. The molecule has 1 atom stereocenters. The summed E-state index contributed by atoms with van der Waals surface area (Å²) >= 11 is 1.46. The van der Waals surface area contributed by atoms with Crippen molar-refractivity contribution in [2.75, 3.05) is 5.32 Å². The van der Waals surface area contributed by atoms with Crippen LogP contribution in [-0.2, 0) is 12.8 Å². The van der Waals surface area contributed by atoms with Gasteiger partial charge in [-0.25, -0.2) is 0 Å². The summed E-state index contributed by atoms with van der Waals surface area (Å²) in [5.74, 6) is -0.00840. The molecule has 6 heteroatoms. The van der Waals surface area contributed by atoms with Gasteiger partial charge in [0.25, 0.3) is 11.8 Å². The van der Waals surface area contributed by atoms with Crippen LogP contribution in [0.2, 0.25) is 0 Å². The number of hydrogen-bond acceptors (Lipinski definition) is 4. The molecule has 0 saturated heterocycles. The maximum absolute atomic E-state index is 12.8. The van der Waals surface area contributed by atoms with Gasteiger partial charge in [0.15, 0.2) is 5.76 Å². The quantitative estimate of drug-likeness (QED) is 0.723. The molecule has 134 valence electrons. The molecular formula is C20H20N2O3S. The van der Waals surface area contributed by atoms with Crippen LogP contribution >= 0.6 is 11.3 Å². The number of aryl methyl sites for hydroxylation is 1. The lowest BCUT2D eigenvalue weighted by Gasteiger charge is -2.18. The number of nitrogens with one attached hydrogen (secondary N) is 1. The number of nitrogens with two attached hydrogens (primary N) is 1. The van der Waals surface area contributed by atoms with Crippen molar-refractivity contribution in [1.82, 2.24) is 0 Å². The van der Waals surface area contributed by atoms with E-state index in [2.05, 4.69) is 12.2 Å². The smallest absolute Gasteiger partial charge is 0.292 e. The Kier molecular flexibility index (Phi) is 4.07. The van der Waals surface area contributed by atoms with E-state index in [0.717, 1.165) is 40.7 Å². The van der Waals surface area contributed by atoms with E-state index >= 15 is 0 Å². The first-order valence-corrected chi connectivity index (χ1v) is 9.51. The Morgan fingerprint density at radius 2 is 2.08 bits per heavy atom. The molecule has 4 rings (SSSR count). The Bertz CT molecular complexity index is 1030. The first-order chi connectivity index (χ1) is 12.5. The zero-order chi connectivity index (χ0) is 18.4. The summed E-state index contributed by atoms with van der Waals surface area (Å²) in [4.78, 5) is 26.0. The number of fused-ring (bicyclic) bond motifs is 2. The summed E-state index contributed by atoms with van der Waals surface area (Å²) in [7, 11) is 0. The summed E-state index contributed by atoms with van der Waals surface area (Å²) < 4.78 is 5.73. The molecule has 0 bridgehead atoms. The topological polar surface area (TPSA) is 85.3 Å². The molecule has 26 heavy (non-hydrogen) atoms. The fourth-order valence-corrected chi connectivity index (χ4v) is 5.06. The van der Waals surface area contributed by atoms with Crippen molar-refractivity contribution in [1.29, 1.82) is 0 Å². The molecule has 3 N–H and O–H groups in total. The fourth-order valence-electron chi connectivity index (χ4n) is 3.65. The molecule has 0 saturated carbocycles. The SMILES string of the molecule is Cc1c(C(=O)Nc2sc3c(c2C(N)=O)CC[C@@H](C)C3)oc2ccccc12. The molecule has 1 aliphatic carbocycles. The molecule has 2 amide bonds. The Balaban J connectivity index is 1.71. The van der Waals surface area contributed by atoms with Crippen LogP contribution in [0.15, 0.2) is 28.7 Å². The van der Waals surface area contributed by atoms with E-state index in [0.29, 0.717) is 22.1 Å². The van der Waals surface area contributed by atoms with Gasteiger partial charge in [-0.3, -0.25) is 9.59 Å². The van der Waals surface area contributed by atoms with Crippen molar-refractivity contribution in [3.8, 4) is 0 Å². The van der Waals surface area contributed by atoms with E-state index in [9.17, 15) is 9.59 Å². The predicted molar refractivity (Wildman–Crippen MR) is 103 cm³/mol. The summed E-state index contributed by atoms with van der Waals surface area (Å²) in [5, 5.41) is 4.31. The minimum absolute atomic E-state index is 0.265. The first-order valence-electron chi connectivity index (χ1n) is 8.69. The Morgan fingerprint density at radius 3 is 2.81 bits per heavy atom. The fraction of sp³-hybridized carbons (Fsp3) is 0.300. The normalized spacial score (nSPS) is 16.5. The molecule has 3 aromatic rings. The third-order valence-electron chi connectivity index (χ3n) is 5.04. The molecule has 0 unspecified atom stereocenters. The van der Waals surface area contributed by atoms with E-state index in [1.807, 2.05) is 31.2 Å². The monoisotopic (exact) mass is 368 g/mol. The lowest BCUT2D eigenvalue weighted by Crippen LogP contribution is -2.19. The lowest BCUT2D eigenvalue weighted by molar-refractivity contribution is 0.0998. The van der Waals surface area contributed by atoms with Crippen LogP contribution in [0.5, 0.6) is 0 Å². The Labute approximate surface area is 155 Å². The number of anilines is 1. The van der Waals surface area contributed by atoms with E-state index in [-0.39, 0.29) is 11.7 Å². The van der Waals surface area contributed by atoms with Crippen molar-refractivity contribution >= 4 is 39.1 Å². The van der Waals surface area contributed by atoms with Gasteiger partial charge >= 0.3 is 0 Å². The predicted octanol–water partition coefficient (Wildman–Crippen LogP) is 4.28. The van der Waals surface area contributed by atoms with Crippen LogP contribution in [0, 0.1) is 12.8 Å². The third kappa shape index (κ3) is 2.70.